The Morgan fingerprint density at radius 1 is 1.12 bits per heavy atom. The second-order valence-corrected chi connectivity index (χ2v) is 5.77. The summed E-state index contributed by atoms with van der Waals surface area (Å²) in [6.45, 7) is 2.28. The van der Waals surface area contributed by atoms with Crippen LogP contribution >= 0.6 is 11.6 Å². The summed E-state index contributed by atoms with van der Waals surface area (Å²) in [4.78, 5) is 12.0. The zero-order valence-electron chi connectivity index (χ0n) is 14.6. The van der Waals surface area contributed by atoms with Gasteiger partial charge < -0.3 is 19.5 Å². The van der Waals surface area contributed by atoms with E-state index in [0.717, 1.165) is 17.5 Å². The van der Waals surface area contributed by atoms with Crippen LogP contribution in [0.4, 0.5) is 0 Å². The molecule has 0 aromatic heterocycles. The molecule has 0 saturated heterocycles. The van der Waals surface area contributed by atoms with Crippen molar-refractivity contribution in [3.63, 3.8) is 0 Å². The van der Waals surface area contributed by atoms with Gasteiger partial charge in [0.05, 0.1) is 14.2 Å². The third-order valence-electron chi connectivity index (χ3n) is 3.71. The van der Waals surface area contributed by atoms with Gasteiger partial charge in [0.15, 0.2) is 18.1 Å². The third kappa shape index (κ3) is 5.29. The molecular weight excluding hydrogens is 342 g/mol. The summed E-state index contributed by atoms with van der Waals surface area (Å²) >= 11 is 6.21. The third-order valence-corrected chi connectivity index (χ3v) is 4.06. The Balaban J connectivity index is 1.91. The minimum Gasteiger partial charge on any atom is -0.493 e. The summed E-state index contributed by atoms with van der Waals surface area (Å²) in [7, 11) is 3.09. The van der Waals surface area contributed by atoms with Crippen LogP contribution in [0.1, 0.15) is 18.1 Å². The normalized spacial score (nSPS) is 10.2. The van der Waals surface area contributed by atoms with Crippen LogP contribution in [0.3, 0.4) is 0 Å². The molecule has 2 rings (SSSR count). The molecule has 1 amide bonds. The van der Waals surface area contributed by atoms with Crippen LogP contribution in [0, 0.1) is 0 Å². The van der Waals surface area contributed by atoms with Crippen LogP contribution < -0.4 is 19.5 Å². The second-order valence-electron chi connectivity index (χ2n) is 5.36. The molecule has 0 aliphatic carbocycles. The fraction of sp³-hybridized carbons (Fsp3) is 0.316. The van der Waals surface area contributed by atoms with Crippen molar-refractivity contribution in [1.29, 1.82) is 0 Å². The van der Waals surface area contributed by atoms with Gasteiger partial charge in [-0.1, -0.05) is 30.7 Å². The highest BCUT2D eigenvalue weighted by molar-refractivity contribution is 6.31. The molecule has 0 atom stereocenters. The number of carbonyl (C=O) groups is 1. The minimum atomic E-state index is -0.229. The SMILES string of the molecule is CCc1cccc(OCC(=O)NCc2cc(OC)c(OC)cc2Cl)c1. The standard InChI is InChI=1S/C19H22ClNO4/c1-4-13-6-5-7-15(8-13)25-12-19(22)21-11-14-9-17(23-2)18(24-3)10-16(14)20/h5-10H,4,11-12H2,1-3H3,(H,21,22). The van der Waals surface area contributed by atoms with Crippen LogP contribution in [0.5, 0.6) is 17.2 Å². The van der Waals surface area contributed by atoms with E-state index in [1.807, 2.05) is 24.3 Å². The van der Waals surface area contributed by atoms with Gasteiger partial charge in [-0.05, 0) is 35.7 Å². The first kappa shape index (κ1) is 18.9. The molecule has 25 heavy (non-hydrogen) atoms. The fourth-order valence-electron chi connectivity index (χ4n) is 2.28. The average molecular weight is 364 g/mol. The van der Waals surface area contributed by atoms with E-state index in [1.165, 1.54) is 0 Å². The van der Waals surface area contributed by atoms with Crippen LogP contribution in [0.15, 0.2) is 36.4 Å². The number of rotatable bonds is 8. The van der Waals surface area contributed by atoms with Crippen molar-refractivity contribution in [2.24, 2.45) is 0 Å². The van der Waals surface area contributed by atoms with Crippen LogP contribution in [0.2, 0.25) is 5.02 Å². The molecule has 0 radical (unpaired) electrons. The van der Waals surface area contributed by atoms with Gasteiger partial charge in [-0.15, -0.1) is 0 Å². The molecule has 0 heterocycles. The maximum Gasteiger partial charge on any atom is 0.258 e. The Morgan fingerprint density at radius 3 is 2.52 bits per heavy atom. The van der Waals surface area contributed by atoms with Crippen molar-refractivity contribution >= 4 is 17.5 Å². The summed E-state index contributed by atoms with van der Waals surface area (Å²) in [6.07, 6.45) is 0.918. The lowest BCUT2D eigenvalue weighted by molar-refractivity contribution is -0.123. The Kier molecular flexibility index (Phi) is 6.95. The number of methoxy groups -OCH3 is 2. The summed E-state index contributed by atoms with van der Waals surface area (Å²) in [5, 5.41) is 3.28. The lowest BCUT2D eigenvalue weighted by atomic mass is 10.2. The van der Waals surface area contributed by atoms with Gasteiger partial charge in [-0.2, -0.15) is 0 Å². The van der Waals surface area contributed by atoms with Gasteiger partial charge in [-0.3, -0.25) is 4.79 Å². The highest BCUT2D eigenvalue weighted by atomic mass is 35.5. The van der Waals surface area contributed by atoms with Crippen molar-refractivity contribution in [2.75, 3.05) is 20.8 Å². The largest absolute Gasteiger partial charge is 0.493 e. The summed E-state index contributed by atoms with van der Waals surface area (Å²) in [5.74, 6) is 1.55. The molecule has 0 saturated carbocycles. The molecule has 0 fully saturated rings. The lowest BCUT2D eigenvalue weighted by Gasteiger charge is -2.13. The molecule has 5 nitrogen and oxygen atoms in total. The van der Waals surface area contributed by atoms with Crippen molar-refractivity contribution in [3.8, 4) is 17.2 Å². The van der Waals surface area contributed by atoms with Gasteiger partial charge in [-0.25, -0.2) is 0 Å². The zero-order valence-corrected chi connectivity index (χ0v) is 15.4. The van der Waals surface area contributed by atoms with E-state index in [-0.39, 0.29) is 19.1 Å². The Hall–Kier alpha value is -2.40. The number of hydrogen-bond donors (Lipinski definition) is 1. The number of halogens is 1. The van der Waals surface area contributed by atoms with Crippen molar-refractivity contribution in [2.45, 2.75) is 19.9 Å². The highest BCUT2D eigenvalue weighted by Crippen LogP contribution is 2.32. The molecule has 0 bridgehead atoms. The topological polar surface area (TPSA) is 56.8 Å². The van der Waals surface area contributed by atoms with Crippen LogP contribution in [0.25, 0.3) is 0 Å². The Morgan fingerprint density at radius 2 is 1.84 bits per heavy atom. The smallest absolute Gasteiger partial charge is 0.258 e. The first-order valence-electron chi connectivity index (χ1n) is 7.96. The molecule has 0 aliphatic heterocycles. The van der Waals surface area contributed by atoms with Gasteiger partial charge in [0.25, 0.3) is 5.91 Å². The predicted octanol–water partition coefficient (Wildman–Crippen LogP) is 3.61. The van der Waals surface area contributed by atoms with E-state index in [9.17, 15) is 4.79 Å². The monoisotopic (exact) mass is 363 g/mol. The quantitative estimate of drug-likeness (QED) is 0.778. The first-order chi connectivity index (χ1) is 12.1. The van der Waals surface area contributed by atoms with E-state index >= 15 is 0 Å². The Bertz CT molecular complexity index is 733. The molecule has 0 aliphatic rings. The van der Waals surface area contributed by atoms with Crippen molar-refractivity contribution < 1.29 is 19.0 Å². The van der Waals surface area contributed by atoms with Gasteiger partial charge in [0.1, 0.15) is 5.75 Å². The lowest BCUT2D eigenvalue weighted by Crippen LogP contribution is -2.28. The number of amides is 1. The van der Waals surface area contributed by atoms with Gasteiger partial charge >= 0.3 is 0 Å². The van der Waals surface area contributed by atoms with Crippen LogP contribution in [-0.2, 0) is 17.8 Å². The summed E-state index contributed by atoms with van der Waals surface area (Å²) in [6, 6.07) is 11.1. The molecule has 6 heteroatoms. The molecule has 2 aromatic rings. The average Bonchev–Trinajstić information content (AvgIpc) is 2.65. The molecule has 2 aromatic carbocycles. The molecule has 1 N–H and O–H groups in total. The van der Waals surface area contributed by atoms with E-state index in [0.29, 0.717) is 22.3 Å². The summed E-state index contributed by atoms with van der Waals surface area (Å²) < 4.78 is 16.0. The van der Waals surface area contributed by atoms with Crippen LogP contribution in [-0.4, -0.2) is 26.7 Å². The second kappa shape index (κ2) is 9.18. The van der Waals surface area contributed by atoms with Crippen molar-refractivity contribution in [3.05, 3.63) is 52.5 Å². The maximum atomic E-state index is 12.0. The number of hydrogen-bond acceptors (Lipinski definition) is 4. The molecule has 134 valence electrons. The Labute approximate surface area is 152 Å². The minimum absolute atomic E-state index is 0.0575. The zero-order chi connectivity index (χ0) is 18.2. The molecule has 0 spiro atoms. The predicted molar refractivity (Wildman–Crippen MR) is 97.7 cm³/mol. The highest BCUT2D eigenvalue weighted by Gasteiger charge is 2.11. The van der Waals surface area contributed by atoms with E-state index < -0.39 is 0 Å². The molecule has 0 unspecified atom stereocenters. The fourth-order valence-corrected chi connectivity index (χ4v) is 2.50. The molecular formula is C19H22ClNO4. The first-order valence-corrected chi connectivity index (χ1v) is 8.34. The van der Waals surface area contributed by atoms with E-state index in [4.69, 9.17) is 25.8 Å². The van der Waals surface area contributed by atoms with Crippen molar-refractivity contribution in [1.82, 2.24) is 5.32 Å². The van der Waals surface area contributed by atoms with E-state index in [1.54, 1.807) is 26.4 Å². The number of nitrogens with one attached hydrogen (secondary N) is 1. The van der Waals surface area contributed by atoms with Gasteiger partial charge in [0.2, 0.25) is 0 Å². The van der Waals surface area contributed by atoms with E-state index in [2.05, 4.69) is 12.2 Å². The number of aryl methyl sites for hydroxylation is 1. The number of ether oxygens (including phenoxy) is 3. The number of carbonyl (C=O) groups excluding carboxylic acids is 1. The summed E-state index contributed by atoms with van der Waals surface area (Å²) in [5.41, 5.74) is 1.90. The van der Waals surface area contributed by atoms with Gasteiger partial charge in [0, 0.05) is 17.6 Å². The maximum absolute atomic E-state index is 12.0. The number of benzene rings is 2.